The maximum Gasteiger partial charge on any atom is 0.314 e. The second-order valence-corrected chi connectivity index (χ2v) is 7.68. The van der Waals surface area contributed by atoms with Crippen LogP contribution in [-0.4, -0.2) is 46.5 Å². The van der Waals surface area contributed by atoms with E-state index in [1.165, 1.54) is 0 Å². The minimum atomic E-state index is -3.62. The number of hydrogen-bond acceptors (Lipinski definition) is 4. The molecule has 3 amide bonds. The van der Waals surface area contributed by atoms with Crippen LogP contribution in [0, 0.1) is 13.8 Å². The first kappa shape index (κ1) is 21.9. The molecular weight excluding hydrogens is 356 g/mol. The van der Waals surface area contributed by atoms with Gasteiger partial charge in [0.25, 0.3) is 0 Å². The SMILES string of the molecule is CCCNC(=O)CCNC(=O)NCCNS(=O)(=O)c1cc(C)ccc1C. The predicted octanol–water partition coefficient (Wildman–Crippen LogP) is 0.797. The molecule has 1 aromatic rings. The lowest BCUT2D eigenvalue weighted by molar-refractivity contribution is -0.120. The number of benzene rings is 1. The van der Waals surface area contributed by atoms with Crippen LogP contribution in [0.25, 0.3) is 0 Å². The van der Waals surface area contributed by atoms with Gasteiger partial charge in [-0.3, -0.25) is 4.79 Å². The highest BCUT2D eigenvalue weighted by molar-refractivity contribution is 7.89. The largest absolute Gasteiger partial charge is 0.356 e. The molecule has 0 bridgehead atoms. The molecule has 146 valence electrons. The zero-order valence-electron chi connectivity index (χ0n) is 15.5. The van der Waals surface area contributed by atoms with E-state index in [0.717, 1.165) is 12.0 Å². The molecule has 9 heteroatoms. The van der Waals surface area contributed by atoms with Crippen molar-refractivity contribution in [1.82, 2.24) is 20.7 Å². The molecule has 0 aliphatic rings. The van der Waals surface area contributed by atoms with E-state index in [2.05, 4.69) is 20.7 Å². The molecule has 0 aromatic heterocycles. The quantitative estimate of drug-likeness (QED) is 0.446. The van der Waals surface area contributed by atoms with E-state index < -0.39 is 16.1 Å². The molecule has 26 heavy (non-hydrogen) atoms. The lowest BCUT2D eigenvalue weighted by Crippen LogP contribution is -2.41. The molecular formula is C17H28N4O4S. The Morgan fingerprint density at radius 2 is 1.65 bits per heavy atom. The van der Waals surface area contributed by atoms with E-state index >= 15 is 0 Å². The molecule has 4 N–H and O–H groups in total. The van der Waals surface area contributed by atoms with Gasteiger partial charge in [0.05, 0.1) is 4.90 Å². The van der Waals surface area contributed by atoms with Gasteiger partial charge < -0.3 is 16.0 Å². The summed E-state index contributed by atoms with van der Waals surface area (Å²) in [5, 5.41) is 7.80. The number of rotatable bonds is 10. The summed E-state index contributed by atoms with van der Waals surface area (Å²) in [5.74, 6) is -0.117. The van der Waals surface area contributed by atoms with Crippen molar-refractivity contribution in [3.63, 3.8) is 0 Å². The van der Waals surface area contributed by atoms with Gasteiger partial charge in [-0.1, -0.05) is 19.1 Å². The van der Waals surface area contributed by atoms with Gasteiger partial charge in [0, 0.05) is 32.6 Å². The Balaban J connectivity index is 2.30. The molecule has 0 heterocycles. The smallest absolute Gasteiger partial charge is 0.314 e. The molecule has 0 saturated heterocycles. The van der Waals surface area contributed by atoms with E-state index in [9.17, 15) is 18.0 Å². The van der Waals surface area contributed by atoms with Crippen molar-refractivity contribution in [3.8, 4) is 0 Å². The molecule has 0 atom stereocenters. The summed E-state index contributed by atoms with van der Waals surface area (Å²) in [6.07, 6.45) is 1.06. The van der Waals surface area contributed by atoms with Crippen LogP contribution in [0.2, 0.25) is 0 Å². The summed E-state index contributed by atoms with van der Waals surface area (Å²) < 4.78 is 27.1. The summed E-state index contributed by atoms with van der Waals surface area (Å²) in [6.45, 7) is 6.56. The van der Waals surface area contributed by atoms with Gasteiger partial charge in [-0.05, 0) is 37.5 Å². The van der Waals surface area contributed by atoms with Gasteiger partial charge in [-0.15, -0.1) is 0 Å². The number of nitrogens with one attached hydrogen (secondary N) is 4. The molecule has 0 aliphatic heterocycles. The zero-order valence-corrected chi connectivity index (χ0v) is 16.3. The number of aryl methyl sites for hydroxylation is 2. The van der Waals surface area contributed by atoms with Gasteiger partial charge in [0.1, 0.15) is 0 Å². The van der Waals surface area contributed by atoms with Crippen LogP contribution in [0.3, 0.4) is 0 Å². The highest BCUT2D eigenvalue weighted by Crippen LogP contribution is 2.16. The first-order valence-electron chi connectivity index (χ1n) is 8.61. The fourth-order valence-corrected chi connectivity index (χ4v) is 3.50. The molecule has 0 spiro atoms. The highest BCUT2D eigenvalue weighted by atomic mass is 32.2. The van der Waals surface area contributed by atoms with Crippen LogP contribution < -0.4 is 20.7 Å². The minimum Gasteiger partial charge on any atom is -0.356 e. The molecule has 0 radical (unpaired) electrons. The fraction of sp³-hybridized carbons (Fsp3) is 0.529. The van der Waals surface area contributed by atoms with Crippen molar-refractivity contribution in [2.75, 3.05) is 26.2 Å². The van der Waals surface area contributed by atoms with Crippen molar-refractivity contribution in [3.05, 3.63) is 29.3 Å². The van der Waals surface area contributed by atoms with E-state index in [-0.39, 0.29) is 36.9 Å². The van der Waals surface area contributed by atoms with Gasteiger partial charge in [-0.2, -0.15) is 0 Å². The summed E-state index contributed by atoms with van der Waals surface area (Å²) >= 11 is 0. The molecule has 8 nitrogen and oxygen atoms in total. The number of carbonyl (C=O) groups is 2. The second-order valence-electron chi connectivity index (χ2n) is 5.95. The average Bonchev–Trinajstić information content (AvgIpc) is 2.59. The topological polar surface area (TPSA) is 116 Å². The molecule has 0 aliphatic carbocycles. The van der Waals surface area contributed by atoms with Crippen LogP contribution >= 0.6 is 0 Å². The first-order chi connectivity index (χ1) is 12.3. The molecule has 1 rings (SSSR count). The Hall–Kier alpha value is -2.13. The number of hydrogen-bond donors (Lipinski definition) is 4. The first-order valence-corrected chi connectivity index (χ1v) is 10.1. The molecule has 0 fully saturated rings. The van der Waals surface area contributed by atoms with Gasteiger partial charge >= 0.3 is 6.03 Å². The maximum absolute atomic E-state index is 12.3. The van der Waals surface area contributed by atoms with Crippen molar-refractivity contribution in [2.45, 2.75) is 38.5 Å². The average molecular weight is 385 g/mol. The van der Waals surface area contributed by atoms with Crippen LogP contribution in [0.15, 0.2) is 23.1 Å². The van der Waals surface area contributed by atoms with E-state index in [4.69, 9.17) is 0 Å². The van der Waals surface area contributed by atoms with E-state index in [1.807, 2.05) is 19.9 Å². The summed E-state index contributed by atoms with van der Waals surface area (Å²) in [7, 11) is -3.62. The standard InChI is InChI=1S/C17H28N4O4S/c1-4-8-18-16(22)7-9-19-17(23)20-10-11-21-26(24,25)15-12-13(2)5-6-14(15)3/h5-6,12,21H,4,7-11H2,1-3H3,(H,18,22)(H2,19,20,23). The van der Waals surface area contributed by atoms with Crippen molar-refractivity contribution in [1.29, 1.82) is 0 Å². The van der Waals surface area contributed by atoms with Crippen LogP contribution in [0.1, 0.15) is 30.9 Å². The van der Waals surface area contributed by atoms with Gasteiger partial charge in [0.15, 0.2) is 0 Å². The number of carbonyl (C=O) groups excluding carboxylic acids is 2. The number of amides is 3. The third kappa shape index (κ3) is 7.83. The molecule has 1 aromatic carbocycles. The monoisotopic (exact) mass is 384 g/mol. The number of sulfonamides is 1. The Morgan fingerprint density at radius 3 is 2.35 bits per heavy atom. The van der Waals surface area contributed by atoms with Gasteiger partial charge in [-0.25, -0.2) is 17.9 Å². The Kier molecular flexibility index (Phi) is 9.08. The lowest BCUT2D eigenvalue weighted by atomic mass is 10.2. The Bertz CT molecular complexity index is 719. The molecule has 0 unspecified atom stereocenters. The van der Waals surface area contributed by atoms with Crippen LogP contribution in [0.5, 0.6) is 0 Å². The second kappa shape index (κ2) is 10.8. The predicted molar refractivity (Wildman–Crippen MR) is 100 cm³/mol. The van der Waals surface area contributed by atoms with E-state index in [1.54, 1.807) is 19.1 Å². The third-order valence-electron chi connectivity index (χ3n) is 3.55. The zero-order chi connectivity index (χ0) is 19.6. The van der Waals surface area contributed by atoms with Crippen molar-refractivity contribution in [2.24, 2.45) is 0 Å². The lowest BCUT2D eigenvalue weighted by Gasteiger charge is -2.11. The highest BCUT2D eigenvalue weighted by Gasteiger charge is 2.16. The van der Waals surface area contributed by atoms with E-state index in [0.29, 0.717) is 12.1 Å². The normalized spacial score (nSPS) is 11.0. The van der Waals surface area contributed by atoms with Crippen LogP contribution in [0.4, 0.5) is 4.79 Å². The van der Waals surface area contributed by atoms with Crippen LogP contribution in [-0.2, 0) is 14.8 Å². The summed E-state index contributed by atoms with van der Waals surface area (Å²) in [6, 6.07) is 4.77. The Labute approximate surface area is 155 Å². The molecule has 0 saturated carbocycles. The summed E-state index contributed by atoms with van der Waals surface area (Å²) in [5.41, 5.74) is 1.52. The summed E-state index contributed by atoms with van der Waals surface area (Å²) in [4.78, 5) is 23.2. The minimum absolute atomic E-state index is 0.0696. The number of urea groups is 1. The Morgan fingerprint density at radius 1 is 0.962 bits per heavy atom. The maximum atomic E-state index is 12.3. The fourth-order valence-electron chi connectivity index (χ4n) is 2.14. The third-order valence-corrected chi connectivity index (χ3v) is 5.15. The van der Waals surface area contributed by atoms with Gasteiger partial charge in [0.2, 0.25) is 15.9 Å². The van der Waals surface area contributed by atoms with Crippen molar-refractivity contribution < 1.29 is 18.0 Å². The van der Waals surface area contributed by atoms with Crippen molar-refractivity contribution >= 4 is 22.0 Å².